The summed E-state index contributed by atoms with van der Waals surface area (Å²) in [6.07, 6.45) is -2.23. The molecule has 2 atom stereocenters. The minimum absolute atomic E-state index is 0.0622. The van der Waals surface area contributed by atoms with E-state index in [4.69, 9.17) is 9.47 Å². The van der Waals surface area contributed by atoms with Crippen LogP contribution in [0.15, 0.2) is 30.6 Å². The van der Waals surface area contributed by atoms with E-state index in [1.54, 1.807) is 18.2 Å². The van der Waals surface area contributed by atoms with Crippen molar-refractivity contribution in [3.63, 3.8) is 0 Å². The molecule has 7 nitrogen and oxygen atoms in total. The minimum atomic E-state index is -5.10. The number of nitrogens with one attached hydrogen (secondary N) is 1. The molecule has 0 aliphatic carbocycles. The molecule has 1 fully saturated rings. The van der Waals surface area contributed by atoms with Crippen LogP contribution in [0.4, 0.5) is 18.9 Å². The monoisotopic (exact) mass is 427 g/mol. The number of aliphatic hydroxyl groups is 1. The summed E-state index contributed by atoms with van der Waals surface area (Å²) in [6.45, 7) is 2.76. The van der Waals surface area contributed by atoms with Gasteiger partial charge in [-0.2, -0.15) is 13.2 Å². The number of nitrogens with zero attached hydrogens (tertiary/aromatic N) is 2. The molecule has 2 unspecified atom stereocenters. The third-order valence-electron chi connectivity index (χ3n) is 4.94. The van der Waals surface area contributed by atoms with E-state index >= 15 is 0 Å². The van der Waals surface area contributed by atoms with Gasteiger partial charge >= 0.3 is 6.18 Å². The number of imidazole rings is 1. The molecule has 0 bridgehead atoms. The first kappa shape index (κ1) is 22.1. The van der Waals surface area contributed by atoms with Crippen molar-refractivity contribution < 1.29 is 32.5 Å². The Bertz CT molecular complexity index is 894. The molecule has 2 heterocycles. The van der Waals surface area contributed by atoms with Gasteiger partial charge in [0.1, 0.15) is 12.4 Å². The molecule has 2 aromatic rings. The lowest BCUT2D eigenvalue weighted by Crippen LogP contribution is -2.46. The van der Waals surface area contributed by atoms with Gasteiger partial charge < -0.3 is 24.5 Å². The van der Waals surface area contributed by atoms with E-state index in [0.717, 1.165) is 29.2 Å². The number of amides is 1. The Kier molecular flexibility index (Phi) is 6.37. The van der Waals surface area contributed by atoms with E-state index in [1.807, 2.05) is 6.92 Å². The molecule has 0 saturated carbocycles. The summed E-state index contributed by atoms with van der Waals surface area (Å²) < 4.78 is 53.2. The van der Waals surface area contributed by atoms with E-state index in [1.165, 1.54) is 13.2 Å². The second-order valence-corrected chi connectivity index (χ2v) is 7.39. The SMILES string of the molecule is Cc1ccc(NC(=O)CC(O)(c2nccn2C)C(F)(F)F)c(OCC2CCCO2)c1. The van der Waals surface area contributed by atoms with Crippen molar-refractivity contribution in [3.8, 4) is 5.75 Å². The third kappa shape index (κ3) is 4.76. The fourth-order valence-electron chi connectivity index (χ4n) is 3.31. The second-order valence-electron chi connectivity index (χ2n) is 7.39. The van der Waals surface area contributed by atoms with Crippen molar-refractivity contribution in [1.29, 1.82) is 0 Å². The number of anilines is 1. The van der Waals surface area contributed by atoms with E-state index in [2.05, 4.69) is 10.3 Å². The maximum Gasteiger partial charge on any atom is 0.425 e. The fraction of sp³-hybridized carbons (Fsp3) is 0.500. The number of hydrogen-bond acceptors (Lipinski definition) is 5. The van der Waals surface area contributed by atoms with Crippen LogP contribution >= 0.6 is 0 Å². The molecule has 164 valence electrons. The summed E-state index contributed by atoms with van der Waals surface area (Å²) >= 11 is 0. The molecular weight excluding hydrogens is 403 g/mol. The zero-order chi connectivity index (χ0) is 21.9. The number of carbonyl (C=O) groups is 1. The van der Waals surface area contributed by atoms with Gasteiger partial charge in [0, 0.05) is 26.0 Å². The molecule has 1 amide bonds. The Hall–Kier alpha value is -2.59. The van der Waals surface area contributed by atoms with Crippen LogP contribution in [0.2, 0.25) is 0 Å². The Balaban J connectivity index is 1.77. The van der Waals surface area contributed by atoms with Crippen molar-refractivity contribution in [3.05, 3.63) is 42.0 Å². The number of rotatable bonds is 7. The zero-order valence-corrected chi connectivity index (χ0v) is 16.7. The number of carbonyl (C=O) groups excluding carboxylic acids is 1. The maximum atomic E-state index is 13.7. The average molecular weight is 427 g/mol. The Labute approximate surface area is 171 Å². The maximum absolute atomic E-state index is 13.7. The molecule has 3 rings (SSSR count). The number of ether oxygens (including phenoxy) is 2. The van der Waals surface area contributed by atoms with E-state index in [0.29, 0.717) is 12.4 Å². The summed E-state index contributed by atoms with van der Waals surface area (Å²) in [6, 6.07) is 4.92. The lowest BCUT2D eigenvalue weighted by Gasteiger charge is -2.29. The third-order valence-corrected chi connectivity index (χ3v) is 4.94. The molecular formula is C20H24F3N3O4. The first-order valence-corrected chi connectivity index (χ1v) is 9.52. The lowest BCUT2D eigenvalue weighted by atomic mass is 9.97. The summed E-state index contributed by atoms with van der Waals surface area (Å²) in [5.41, 5.74) is -2.36. The number of aryl methyl sites for hydroxylation is 2. The highest BCUT2D eigenvalue weighted by Crippen LogP contribution is 2.41. The van der Waals surface area contributed by atoms with Crippen LogP contribution in [0.25, 0.3) is 0 Å². The van der Waals surface area contributed by atoms with Gasteiger partial charge in [0.05, 0.1) is 18.2 Å². The summed E-state index contributed by atoms with van der Waals surface area (Å²) in [5, 5.41) is 12.8. The van der Waals surface area contributed by atoms with E-state index in [-0.39, 0.29) is 18.4 Å². The molecule has 1 aliphatic rings. The van der Waals surface area contributed by atoms with Crippen LogP contribution in [0.1, 0.15) is 30.7 Å². The minimum Gasteiger partial charge on any atom is -0.489 e. The molecule has 1 aromatic heterocycles. The Morgan fingerprint density at radius 2 is 2.20 bits per heavy atom. The number of aromatic nitrogens is 2. The molecule has 1 aromatic carbocycles. The van der Waals surface area contributed by atoms with Gasteiger partial charge in [0.2, 0.25) is 11.5 Å². The quantitative estimate of drug-likeness (QED) is 0.710. The Morgan fingerprint density at radius 3 is 2.80 bits per heavy atom. The van der Waals surface area contributed by atoms with Gasteiger partial charge in [0.15, 0.2) is 5.82 Å². The zero-order valence-electron chi connectivity index (χ0n) is 16.7. The highest BCUT2D eigenvalue weighted by Gasteiger charge is 2.58. The van der Waals surface area contributed by atoms with Crippen molar-refractivity contribution in [1.82, 2.24) is 9.55 Å². The van der Waals surface area contributed by atoms with Gasteiger partial charge in [-0.1, -0.05) is 6.07 Å². The highest BCUT2D eigenvalue weighted by molar-refractivity contribution is 5.93. The largest absolute Gasteiger partial charge is 0.489 e. The predicted molar refractivity (Wildman–Crippen MR) is 102 cm³/mol. The Morgan fingerprint density at radius 1 is 1.43 bits per heavy atom. The lowest BCUT2D eigenvalue weighted by molar-refractivity contribution is -0.270. The topological polar surface area (TPSA) is 85.6 Å². The van der Waals surface area contributed by atoms with Gasteiger partial charge in [-0.15, -0.1) is 0 Å². The van der Waals surface area contributed by atoms with Crippen LogP contribution in [-0.4, -0.2) is 46.1 Å². The molecule has 2 N–H and O–H groups in total. The normalized spacial score (nSPS) is 18.8. The van der Waals surface area contributed by atoms with Crippen molar-refractivity contribution >= 4 is 11.6 Å². The van der Waals surface area contributed by atoms with Crippen LogP contribution in [0, 0.1) is 6.92 Å². The van der Waals surface area contributed by atoms with Crippen LogP contribution in [0.3, 0.4) is 0 Å². The smallest absolute Gasteiger partial charge is 0.425 e. The molecule has 1 aliphatic heterocycles. The van der Waals surface area contributed by atoms with Crippen LogP contribution < -0.4 is 10.1 Å². The van der Waals surface area contributed by atoms with Crippen LogP contribution in [0.5, 0.6) is 5.75 Å². The molecule has 10 heteroatoms. The van der Waals surface area contributed by atoms with Crippen LogP contribution in [-0.2, 0) is 22.2 Å². The van der Waals surface area contributed by atoms with Crippen molar-refractivity contribution in [2.24, 2.45) is 7.05 Å². The van der Waals surface area contributed by atoms with Crippen molar-refractivity contribution in [2.45, 2.75) is 44.1 Å². The number of halogens is 3. The average Bonchev–Trinajstić information content (AvgIpc) is 3.32. The molecule has 1 saturated heterocycles. The first-order valence-electron chi connectivity index (χ1n) is 9.52. The summed E-state index contributed by atoms with van der Waals surface area (Å²) in [4.78, 5) is 16.1. The van der Waals surface area contributed by atoms with Gasteiger partial charge in [-0.25, -0.2) is 4.98 Å². The molecule has 0 spiro atoms. The number of hydrogen-bond donors (Lipinski definition) is 2. The van der Waals surface area contributed by atoms with Crippen molar-refractivity contribution in [2.75, 3.05) is 18.5 Å². The highest BCUT2D eigenvalue weighted by atomic mass is 19.4. The number of benzene rings is 1. The first-order chi connectivity index (χ1) is 14.1. The van der Waals surface area contributed by atoms with Gasteiger partial charge in [0.25, 0.3) is 0 Å². The van der Waals surface area contributed by atoms with Gasteiger partial charge in [-0.05, 0) is 37.5 Å². The van der Waals surface area contributed by atoms with E-state index in [9.17, 15) is 23.1 Å². The van der Waals surface area contributed by atoms with Gasteiger partial charge in [-0.3, -0.25) is 4.79 Å². The van der Waals surface area contributed by atoms with E-state index < -0.39 is 29.9 Å². The fourth-order valence-corrected chi connectivity index (χ4v) is 3.31. The second kappa shape index (κ2) is 8.65. The molecule has 30 heavy (non-hydrogen) atoms. The summed E-state index contributed by atoms with van der Waals surface area (Å²) in [7, 11) is 1.31. The standard InChI is InChI=1S/C20H24F3N3O4/c1-13-5-6-15(16(10-13)30-12-14-4-3-9-29-14)25-17(27)11-19(28,20(21,22)23)18-24-7-8-26(18)2/h5-8,10,14,28H,3-4,9,11-12H2,1-2H3,(H,25,27). The molecule has 0 radical (unpaired) electrons. The number of alkyl halides is 3. The predicted octanol–water partition coefficient (Wildman–Crippen LogP) is 3.07. The summed E-state index contributed by atoms with van der Waals surface area (Å²) in [5.74, 6) is -1.36.